The number of carbonyl (C=O) groups excluding carboxylic acids is 1. The second kappa shape index (κ2) is 8.73. The molecule has 7 heteroatoms. The highest BCUT2D eigenvalue weighted by atomic mass is 32.1. The van der Waals surface area contributed by atoms with E-state index in [-0.39, 0.29) is 17.6 Å². The molecule has 0 radical (unpaired) electrons. The van der Waals surface area contributed by atoms with Crippen molar-refractivity contribution in [2.75, 3.05) is 26.1 Å². The van der Waals surface area contributed by atoms with Crippen LogP contribution < -0.4 is 24.8 Å². The predicted molar refractivity (Wildman–Crippen MR) is 95.8 cm³/mol. The molecule has 6 nitrogen and oxygen atoms in total. The highest BCUT2D eigenvalue weighted by Crippen LogP contribution is 2.25. The summed E-state index contributed by atoms with van der Waals surface area (Å²) in [5.41, 5.74) is 0.742. The van der Waals surface area contributed by atoms with Gasteiger partial charge in [0.05, 0.1) is 14.2 Å². The molecule has 24 heavy (non-hydrogen) atoms. The van der Waals surface area contributed by atoms with Crippen molar-refractivity contribution in [2.24, 2.45) is 0 Å². The molecule has 126 valence electrons. The number of rotatable bonds is 6. The Kier molecular flexibility index (Phi) is 6.39. The molecule has 0 saturated carbocycles. The van der Waals surface area contributed by atoms with Gasteiger partial charge in [0, 0.05) is 5.69 Å². The molecule has 0 bridgehead atoms. The van der Waals surface area contributed by atoms with Crippen LogP contribution in [0.15, 0.2) is 48.5 Å². The normalized spacial score (nSPS) is 9.75. The van der Waals surface area contributed by atoms with Crippen molar-refractivity contribution in [1.29, 1.82) is 0 Å². The van der Waals surface area contributed by atoms with Crippen molar-refractivity contribution in [3.63, 3.8) is 0 Å². The van der Waals surface area contributed by atoms with Crippen molar-refractivity contribution in [1.82, 2.24) is 5.32 Å². The number of para-hydroxylation sites is 2. The summed E-state index contributed by atoms with van der Waals surface area (Å²) in [7, 11) is 3.13. The lowest BCUT2D eigenvalue weighted by molar-refractivity contribution is -0.121. The zero-order valence-electron chi connectivity index (χ0n) is 13.4. The van der Waals surface area contributed by atoms with Crippen LogP contribution in [0.3, 0.4) is 0 Å². The van der Waals surface area contributed by atoms with Gasteiger partial charge in [-0.3, -0.25) is 10.1 Å². The topological polar surface area (TPSA) is 68.8 Å². The van der Waals surface area contributed by atoms with E-state index >= 15 is 0 Å². The summed E-state index contributed by atoms with van der Waals surface area (Å²) in [5, 5.41) is 5.65. The Hall–Kier alpha value is -2.80. The number of hydrogen-bond acceptors (Lipinski definition) is 5. The molecule has 0 aliphatic rings. The lowest BCUT2D eigenvalue weighted by Gasteiger charge is -2.12. The smallest absolute Gasteiger partial charge is 0.264 e. The van der Waals surface area contributed by atoms with Gasteiger partial charge in [-0.2, -0.15) is 0 Å². The Labute approximate surface area is 145 Å². The Balaban J connectivity index is 1.81. The minimum Gasteiger partial charge on any atom is -0.497 e. The fourth-order valence-electron chi connectivity index (χ4n) is 1.88. The lowest BCUT2D eigenvalue weighted by Crippen LogP contribution is -2.37. The standard InChI is InChI=1S/C17H18N2O4S/c1-21-13-9-7-12(8-10-13)18-17(24)19-16(20)11-23-15-6-4-3-5-14(15)22-2/h3-10H,11H2,1-2H3,(H2,18,19,20,24). The summed E-state index contributed by atoms with van der Waals surface area (Å²) < 4.78 is 15.7. The summed E-state index contributed by atoms with van der Waals surface area (Å²) in [6, 6.07) is 14.3. The number of nitrogens with one attached hydrogen (secondary N) is 2. The first-order valence-corrected chi connectivity index (χ1v) is 7.54. The van der Waals surface area contributed by atoms with Crippen molar-refractivity contribution in [2.45, 2.75) is 0 Å². The van der Waals surface area contributed by atoms with E-state index in [1.807, 2.05) is 6.07 Å². The van der Waals surface area contributed by atoms with Crippen molar-refractivity contribution in [3.05, 3.63) is 48.5 Å². The first kappa shape index (κ1) is 17.6. The Morgan fingerprint density at radius 3 is 2.29 bits per heavy atom. The van der Waals surface area contributed by atoms with Crippen molar-refractivity contribution >= 4 is 28.9 Å². The average Bonchev–Trinajstić information content (AvgIpc) is 2.60. The van der Waals surface area contributed by atoms with Crippen LogP contribution in [0, 0.1) is 0 Å². The fourth-order valence-corrected chi connectivity index (χ4v) is 2.11. The van der Waals surface area contributed by atoms with Crippen LogP contribution in [0.4, 0.5) is 5.69 Å². The van der Waals surface area contributed by atoms with Gasteiger partial charge in [0.15, 0.2) is 23.2 Å². The van der Waals surface area contributed by atoms with E-state index in [0.717, 1.165) is 11.4 Å². The molecule has 0 spiro atoms. The fraction of sp³-hybridized carbons (Fsp3) is 0.176. The quantitative estimate of drug-likeness (QED) is 0.784. The molecule has 0 aliphatic heterocycles. The maximum absolute atomic E-state index is 11.9. The predicted octanol–water partition coefficient (Wildman–Crippen LogP) is 2.60. The van der Waals surface area contributed by atoms with Gasteiger partial charge >= 0.3 is 0 Å². The molecule has 0 unspecified atom stereocenters. The van der Waals surface area contributed by atoms with E-state index in [4.69, 9.17) is 26.4 Å². The van der Waals surface area contributed by atoms with Crippen LogP contribution >= 0.6 is 12.2 Å². The van der Waals surface area contributed by atoms with Crippen molar-refractivity contribution < 1.29 is 19.0 Å². The molecule has 0 heterocycles. The first-order valence-electron chi connectivity index (χ1n) is 7.13. The van der Waals surface area contributed by atoms with Crippen LogP contribution in [0.5, 0.6) is 17.2 Å². The number of hydrogen-bond donors (Lipinski definition) is 2. The number of benzene rings is 2. The molecule has 0 aliphatic carbocycles. The zero-order valence-corrected chi connectivity index (χ0v) is 14.2. The number of anilines is 1. The van der Waals surface area contributed by atoms with Gasteiger partial charge < -0.3 is 19.5 Å². The SMILES string of the molecule is COc1ccc(NC(=S)NC(=O)COc2ccccc2OC)cc1. The maximum atomic E-state index is 11.9. The zero-order chi connectivity index (χ0) is 17.4. The number of thiocarbonyl (C=S) groups is 1. The van der Waals surface area contributed by atoms with Gasteiger partial charge in [0.25, 0.3) is 5.91 Å². The molecule has 0 aromatic heterocycles. The molecule has 2 N–H and O–H groups in total. The summed E-state index contributed by atoms with van der Waals surface area (Å²) in [6.07, 6.45) is 0. The molecule has 2 aromatic carbocycles. The van der Waals surface area contributed by atoms with E-state index < -0.39 is 0 Å². The van der Waals surface area contributed by atoms with E-state index in [0.29, 0.717) is 11.5 Å². The van der Waals surface area contributed by atoms with Gasteiger partial charge in [0.1, 0.15) is 5.75 Å². The third-order valence-corrected chi connectivity index (χ3v) is 3.23. The van der Waals surface area contributed by atoms with Gasteiger partial charge in [-0.05, 0) is 48.6 Å². The van der Waals surface area contributed by atoms with Gasteiger partial charge in [-0.25, -0.2) is 0 Å². The van der Waals surface area contributed by atoms with Gasteiger partial charge in [0.2, 0.25) is 0 Å². The molecule has 0 fully saturated rings. The minimum absolute atomic E-state index is 0.176. The largest absolute Gasteiger partial charge is 0.497 e. The van der Waals surface area contributed by atoms with Gasteiger partial charge in [-0.15, -0.1) is 0 Å². The molecule has 0 atom stereocenters. The Morgan fingerprint density at radius 2 is 1.67 bits per heavy atom. The van der Waals surface area contributed by atoms with E-state index in [1.54, 1.807) is 49.6 Å². The number of amides is 1. The monoisotopic (exact) mass is 346 g/mol. The molecular weight excluding hydrogens is 328 g/mol. The van der Waals surface area contributed by atoms with Crippen LogP contribution in [0.1, 0.15) is 0 Å². The summed E-state index contributed by atoms with van der Waals surface area (Å²) in [4.78, 5) is 11.9. The Bertz CT molecular complexity index is 704. The highest BCUT2D eigenvalue weighted by Gasteiger charge is 2.08. The second-order valence-electron chi connectivity index (χ2n) is 4.67. The summed E-state index contributed by atoms with van der Waals surface area (Å²) in [6.45, 7) is -0.176. The van der Waals surface area contributed by atoms with Crippen molar-refractivity contribution in [3.8, 4) is 17.2 Å². The highest BCUT2D eigenvalue weighted by molar-refractivity contribution is 7.80. The maximum Gasteiger partial charge on any atom is 0.264 e. The van der Waals surface area contributed by atoms with Crippen LogP contribution in [-0.4, -0.2) is 31.8 Å². The molecule has 1 amide bonds. The minimum atomic E-state index is -0.369. The van der Waals surface area contributed by atoms with Crippen LogP contribution in [-0.2, 0) is 4.79 Å². The van der Waals surface area contributed by atoms with Gasteiger partial charge in [-0.1, -0.05) is 12.1 Å². The first-order chi connectivity index (χ1) is 11.6. The second-order valence-corrected chi connectivity index (χ2v) is 5.08. The van der Waals surface area contributed by atoms with Crippen LogP contribution in [0.2, 0.25) is 0 Å². The molecule has 2 aromatic rings. The number of methoxy groups -OCH3 is 2. The van der Waals surface area contributed by atoms with E-state index in [2.05, 4.69) is 10.6 Å². The molecular formula is C17H18N2O4S. The Morgan fingerprint density at radius 1 is 1.00 bits per heavy atom. The van der Waals surface area contributed by atoms with Crippen LogP contribution in [0.25, 0.3) is 0 Å². The number of ether oxygens (including phenoxy) is 3. The third-order valence-electron chi connectivity index (χ3n) is 3.03. The molecule has 0 saturated heterocycles. The average molecular weight is 346 g/mol. The lowest BCUT2D eigenvalue weighted by atomic mass is 10.3. The number of carbonyl (C=O) groups is 1. The summed E-state index contributed by atoms with van der Waals surface area (Å²) >= 11 is 5.10. The third kappa shape index (κ3) is 5.13. The van der Waals surface area contributed by atoms with E-state index in [1.165, 1.54) is 7.11 Å². The molecule has 2 rings (SSSR count). The van der Waals surface area contributed by atoms with E-state index in [9.17, 15) is 4.79 Å². The summed E-state index contributed by atoms with van der Waals surface area (Å²) in [5.74, 6) is 1.42.